The van der Waals surface area contributed by atoms with Crippen molar-refractivity contribution in [2.75, 3.05) is 6.54 Å². The van der Waals surface area contributed by atoms with E-state index in [1.807, 2.05) is 23.4 Å². The number of aromatic nitrogens is 3. The molecule has 128 valence electrons. The van der Waals surface area contributed by atoms with Crippen LogP contribution in [0.3, 0.4) is 0 Å². The van der Waals surface area contributed by atoms with Crippen molar-refractivity contribution in [1.82, 2.24) is 19.2 Å². The van der Waals surface area contributed by atoms with Crippen LogP contribution in [0.15, 0.2) is 29.2 Å². The van der Waals surface area contributed by atoms with Gasteiger partial charge in [0, 0.05) is 37.1 Å². The van der Waals surface area contributed by atoms with E-state index in [2.05, 4.69) is 11.2 Å². The first-order valence-corrected chi connectivity index (χ1v) is 8.44. The molecule has 1 amide bonds. The summed E-state index contributed by atoms with van der Waals surface area (Å²) in [4.78, 5) is 26.6. The molecule has 0 bridgehead atoms. The smallest absolute Gasteiger partial charge is 0.254 e. The number of rotatable bonds is 3. The summed E-state index contributed by atoms with van der Waals surface area (Å²) in [5.41, 5.74) is 2.41. The van der Waals surface area contributed by atoms with Crippen LogP contribution in [0.1, 0.15) is 41.0 Å². The number of pyridine rings is 1. The van der Waals surface area contributed by atoms with Crippen molar-refractivity contribution < 1.29 is 4.79 Å². The minimum atomic E-state index is -0.159. The fourth-order valence-electron chi connectivity index (χ4n) is 3.36. The quantitative estimate of drug-likeness (QED) is 0.864. The largest absolute Gasteiger partial charge is 0.334 e. The van der Waals surface area contributed by atoms with Crippen LogP contribution in [0.2, 0.25) is 0 Å². The number of hydrogen-bond donors (Lipinski definition) is 0. The molecule has 0 radical (unpaired) electrons. The highest BCUT2D eigenvalue weighted by molar-refractivity contribution is 5.94. The summed E-state index contributed by atoms with van der Waals surface area (Å²) < 4.78 is 3.45. The fraction of sp³-hybridized carbons (Fsp3) is 0.500. The second kappa shape index (κ2) is 6.63. The maximum absolute atomic E-state index is 12.9. The molecule has 1 atom stereocenters. The van der Waals surface area contributed by atoms with Crippen LogP contribution >= 0.6 is 0 Å². The van der Waals surface area contributed by atoms with Crippen LogP contribution in [-0.4, -0.2) is 37.7 Å². The molecule has 6 heteroatoms. The first-order valence-electron chi connectivity index (χ1n) is 8.44. The highest BCUT2D eigenvalue weighted by atomic mass is 16.2. The molecule has 6 nitrogen and oxygen atoms in total. The summed E-state index contributed by atoms with van der Waals surface area (Å²) >= 11 is 0. The molecule has 3 rings (SSSR count). The topological polar surface area (TPSA) is 60.1 Å². The van der Waals surface area contributed by atoms with Gasteiger partial charge in [-0.1, -0.05) is 0 Å². The highest BCUT2D eigenvalue weighted by Crippen LogP contribution is 2.21. The fourth-order valence-corrected chi connectivity index (χ4v) is 3.36. The lowest BCUT2D eigenvalue weighted by Crippen LogP contribution is -2.46. The van der Waals surface area contributed by atoms with Gasteiger partial charge in [-0.25, -0.2) is 0 Å². The SMILES string of the molecule is Cc1cc(C)n(CC2CCCCN2C(=O)c2ccn(C)c(=O)c2)n1. The maximum atomic E-state index is 12.9. The first-order chi connectivity index (χ1) is 11.5. The summed E-state index contributed by atoms with van der Waals surface area (Å²) in [6, 6.07) is 5.32. The Hall–Kier alpha value is -2.37. The zero-order valence-electron chi connectivity index (χ0n) is 14.5. The number of likely N-dealkylation sites (tertiary alicyclic amines) is 1. The molecule has 1 fully saturated rings. The molecule has 0 aromatic carbocycles. The average molecular weight is 328 g/mol. The van der Waals surface area contributed by atoms with Crippen LogP contribution in [0, 0.1) is 13.8 Å². The molecule has 0 saturated carbocycles. The molecule has 2 aromatic heterocycles. The summed E-state index contributed by atoms with van der Waals surface area (Å²) in [5, 5.41) is 4.52. The van der Waals surface area contributed by atoms with E-state index in [0.29, 0.717) is 12.1 Å². The maximum Gasteiger partial charge on any atom is 0.254 e. The van der Waals surface area contributed by atoms with E-state index >= 15 is 0 Å². The van der Waals surface area contributed by atoms with Gasteiger partial charge in [0.05, 0.1) is 18.3 Å². The van der Waals surface area contributed by atoms with E-state index in [1.54, 1.807) is 19.3 Å². The van der Waals surface area contributed by atoms with Crippen LogP contribution in [0.5, 0.6) is 0 Å². The Balaban J connectivity index is 1.83. The van der Waals surface area contributed by atoms with Crippen molar-refractivity contribution in [2.45, 2.75) is 45.7 Å². The lowest BCUT2D eigenvalue weighted by molar-refractivity contribution is 0.0582. The predicted molar refractivity (Wildman–Crippen MR) is 92.1 cm³/mol. The molecule has 0 N–H and O–H groups in total. The molecule has 24 heavy (non-hydrogen) atoms. The molecule has 0 spiro atoms. The lowest BCUT2D eigenvalue weighted by atomic mass is 10.0. The minimum Gasteiger partial charge on any atom is -0.334 e. The molecule has 3 heterocycles. The number of aryl methyl sites for hydroxylation is 3. The van der Waals surface area contributed by atoms with Crippen LogP contribution < -0.4 is 5.56 Å². The average Bonchev–Trinajstić information content (AvgIpc) is 2.87. The Bertz CT molecular complexity index is 806. The standard InChI is InChI=1S/C18H24N4O2/c1-13-10-14(2)22(19-13)12-16-6-4-5-8-21(16)18(24)15-7-9-20(3)17(23)11-15/h7,9-11,16H,4-6,8,12H2,1-3H3. The molecule has 1 saturated heterocycles. The minimum absolute atomic E-state index is 0.0565. The number of amides is 1. The predicted octanol–water partition coefficient (Wildman–Crippen LogP) is 1.89. The number of carbonyl (C=O) groups excluding carboxylic acids is 1. The molecule has 1 aliphatic heterocycles. The van der Waals surface area contributed by atoms with E-state index in [-0.39, 0.29) is 17.5 Å². The van der Waals surface area contributed by atoms with Gasteiger partial charge in [-0.2, -0.15) is 5.10 Å². The van der Waals surface area contributed by atoms with E-state index in [9.17, 15) is 9.59 Å². The Morgan fingerprint density at radius 2 is 2.08 bits per heavy atom. The third kappa shape index (κ3) is 3.27. The second-order valence-electron chi connectivity index (χ2n) is 6.62. The van der Waals surface area contributed by atoms with Gasteiger partial charge in [0.2, 0.25) is 0 Å². The Labute approximate surface area is 141 Å². The van der Waals surface area contributed by atoms with Crippen LogP contribution in [0.25, 0.3) is 0 Å². The van der Waals surface area contributed by atoms with Gasteiger partial charge < -0.3 is 9.47 Å². The zero-order chi connectivity index (χ0) is 17.3. The molecule has 0 aliphatic carbocycles. The zero-order valence-corrected chi connectivity index (χ0v) is 14.5. The molecule has 1 aliphatic rings. The van der Waals surface area contributed by atoms with E-state index in [1.165, 1.54) is 10.6 Å². The van der Waals surface area contributed by atoms with Crippen molar-refractivity contribution in [1.29, 1.82) is 0 Å². The van der Waals surface area contributed by atoms with E-state index in [4.69, 9.17) is 0 Å². The van der Waals surface area contributed by atoms with Gasteiger partial charge in [0.1, 0.15) is 0 Å². The summed E-state index contributed by atoms with van der Waals surface area (Å²) in [6.07, 6.45) is 4.74. The van der Waals surface area contributed by atoms with Gasteiger partial charge in [0.15, 0.2) is 0 Å². The van der Waals surface area contributed by atoms with Crippen LogP contribution in [-0.2, 0) is 13.6 Å². The second-order valence-corrected chi connectivity index (χ2v) is 6.62. The number of carbonyl (C=O) groups is 1. The normalized spacial score (nSPS) is 18.0. The monoisotopic (exact) mass is 328 g/mol. The molecular weight excluding hydrogens is 304 g/mol. The molecule has 1 unspecified atom stereocenters. The Morgan fingerprint density at radius 3 is 2.75 bits per heavy atom. The number of nitrogens with zero attached hydrogens (tertiary/aromatic N) is 4. The van der Waals surface area contributed by atoms with Crippen molar-refractivity contribution in [3.63, 3.8) is 0 Å². The van der Waals surface area contributed by atoms with Crippen molar-refractivity contribution in [2.24, 2.45) is 7.05 Å². The third-order valence-corrected chi connectivity index (χ3v) is 4.73. The molecule has 2 aromatic rings. The summed E-state index contributed by atoms with van der Waals surface area (Å²) in [6.45, 7) is 5.46. The first kappa shape index (κ1) is 16.5. The van der Waals surface area contributed by atoms with Crippen LogP contribution in [0.4, 0.5) is 0 Å². The van der Waals surface area contributed by atoms with Gasteiger partial charge in [-0.05, 0) is 45.2 Å². The lowest BCUT2D eigenvalue weighted by Gasteiger charge is -2.36. The van der Waals surface area contributed by atoms with Gasteiger partial charge >= 0.3 is 0 Å². The summed E-state index contributed by atoms with van der Waals surface area (Å²) in [5.74, 6) is -0.0565. The van der Waals surface area contributed by atoms with Crippen molar-refractivity contribution in [3.8, 4) is 0 Å². The van der Waals surface area contributed by atoms with Gasteiger partial charge in [-0.15, -0.1) is 0 Å². The Morgan fingerprint density at radius 1 is 1.29 bits per heavy atom. The van der Waals surface area contributed by atoms with Crippen molar-refractivity contribution in [3.05, 3.63) is 51.7 Å². The van der Waals surface area contributed by atoms with Gasteiger partial charge in [-0.3, -0.25) is 14.3 Å². The Kier molecular flexibility index (Phi) is 4.55. The van der Waals surface area contributed by atoms with E-state index < -0.39 is 0 Å². The molecular formula is C18H24N4O2. The number of piperidine rings is 1. The van der Waals surface area contributed by atoms with E-state index in [0.717, 1.165) is 37.2 Å². The number of hydrogen-bond acceptors (Lipinski definition) is 3. The van der Waals surface area contributed by atoms with Gasteiger partial charge in [0.25, 0.3) is 11.5 Å². The third-order valence-electron chi connectivity index (χ3n) is 4.73. The summed E-state index contributed by atoms with van der Waals surface area (Å²) in [7, 11) is 1.68. The highest BCUT2D eigenvalue weighted by Gasteiger charge is 2.28. The van der Waals surface area contributed by atoms with Crippen molar-refractivity contribution >= 4 is 5.91 Å².